The van der Waals surface area contributed by atoms with Crippen molar-refractivity contribution in [2.24, 2.45) is 0 Å². The van der Waals surface area contributed by atoms with Crippen LogP contribution in [0, 0.1) is 5.82 Å². The Morgan fingerprint density at radius 1 is 1.03 bits per heavy atom. The Morgan fingerprint density at radius 3 is 2.42 bits per heavy atom. The summed E-state index contributed by atoms with van der Waals surface area (Å²) in [6.07, 6.45) is -0.485. The van der Waals surface area contributed by atoms with Crippen LogP contribution in [-0.4, -0.2) is 94.8 Å². The molecule has 2 aliphatic heterocycles. The summed E-state index contributed by atoms with van der Waals surface area (Å²) < 4.78 is 50.8. The van der Waals surface area contributed by atoms with Crippen molar-refractivity contribution >= 4 is 21.8 Å². The van der Waals surface area contributed by atoms with Crippen molar-refractivity contribution in [3.05, 3.63) is 30.1 Å². The van der Waals surface area contributed by atoms with E-state index in [1.165, 1.54) is 12.1 Å². The van der Waals surface area contributed by atoms with Gasteiger partial charge in [-0.3, -0.25) is 14.5 Å². The molecule has 172 valence electrons. The van der Waals surface area contributed by atoms with E-state index in [0.717, 1.165) is 29.5 Å². The number of carbonyl (C=O) groups excluding carboxylic acids is 2. The topological polar surface area (TPSA) is 117 Å². The molecule has 2 N–H and O–H groups in total. The Balaban J connectivity index is 1.50. The average molecular weight is 459 g/mol. The smallest absolute Gasteiger partial charge is 0.309 e. The molecule has 1 aromatic rings. The lowest BCUT2D eigenvalue weighted by atomic mass is 10.3. The van der Waals surface area contributed by atoms with E-state index in [9.17, 15) is 22.4 Å². The van der Waals surface area contributed by atoms with E-state index < -0.39 is 33.9 Å². The second-order valence-corrected chi connectivity index (χ2v) is 9.06. The molecule has 2 heterocycles. The predicted molar refractivity (Wildman–Crippen MR) is 108 cm³/mol. The van der Waals surface area contributed by atoms with Gasteiger partial charge >= 0.3 is 11.8 Å². The number of halogens is 1. The molecule has 3 rings (SSSR count). The lowest BCUT2D eigenvalue weighted by Gasteiger charge is -2.34. The van der Waals surface area contributed by atoms with Gasteiger partial charge < -0.3 is 20.1 Å². The Kier molecular flexibility index (Phi) is 8.32. The molecule has 0 bridgehead atoms. The monoisotopic (exact) mass is 458 g/mol. The molecule has 0 unspecified atom stereocenters. The lowest BCUT2D eigenvalue weighted by Crippen LogP contribution is -2.53. The van der Waals surface area contributed by atoms with Crippen LogP contribution >= 0.6 is 0 Å². The molecule has 0 aliphatic carbocycles. The van der Waals surface area contributed by atoms with Crippen LogP contribution in [0.15, 0.2) is 29.2 Å². The Hall–Kier alpha value is -2.12. The van der Waals surface area contributed by atoms with Crippen LogP contribution in [0.5, 0.6) is 0 Å². The van der Waals surface area contributed by atoms with Crippen LogP contribution < -0.4 is 10.6 Å². The van der Waals surface area contributed by atoms with Gasteiger partial charge in [-0.1, -0.05) is 0 Å². The number of carbonyl (C=O) groups is 2. The molecule has 31 heavy (non-hydrogen) atoms. The summed E-state index contributed by atoms with van der Waals surface area (Å²) in [7, 11) is -3.95. The minimum absolute atomic E-state index is 0.0726. The third-order valence-corrected chi connectivity index (χ3v) is 6.94. The van der Waals surface area contributed by atoms with Crippen LogP contribution in [0.1, 0.15) is 6.42 Å². The molecule has 0 radical (unpaired) electrons. The van der Waals surface area contributed by atoms with Crippen molar-refractivity contribution < 1.29 is 31.9 Å². The highest BCUT2D eigenvalue weighted by molar-refractivity contribution is 7.89. The molecule has 1 atom stereocenters. The minimum atomic E-state index is -3.95. The highest BCUT2D eigenvalue weighted by Gasteiger charge is 2.35. The van der Waals surface area contributed by atoms with Gasteiger partial charge in [0.1, 0.15) is 12.0 Å². The molecular formula is C19H27FN4O6S. The van der Waals surface area contributed by atoms with Crippen LogP contribution in [0.3, 0.4) is 0 Å². The van der Waals surface area contributed by atoms with Gasteiger partial charge in [-0.05, 0) is 30.7 Å². The average Bonchev–Trinajstić information content (AvgIpc) is 2.78. The second-order valence-electron chi connectivity index (χ2n) is 7.17. The first-order valence-corrected chi connectivity index (χ1v) is 11.6. The maximum absolute atomic E-state index is 13.1. The van der Waals surface area contributed by atoms with E-state index in [1.54, 1.807) is 0 Å². The Labute approximate surface area is 180 Å². The van der Waals surface area contributed by atoms with E-state index in [4.69, 9.17) is 9.47 Å². The molecule has 0 spiro atoms. The fourth-order valence-corrected chi connectivity index (χ4v) is 4.90. The Morgan fingerprint density at radius 2 is 1.71 bits per heavy atom. The van der Waals surface area contributed by atoms with Crippen LogP contribution in [-0.2, 0) is 29.1 Å². The molecule has 2 saturated heterocycles. The normalized spacial score (nSPS) is 20.9. The zero-order valence-electron chi connectivity index (χ0n) is 17.1. The summed E-state index contributed by atoms with van der Waals surface area (Å²) in [5, 5.41) is 4.98. The van der Waals surface area contributed by atoms with Crippen molar-refractivity contribution in [1.82, 2.24) is 19.8 Å². The predicted octanol–water partition coefficient (Wildman–Crippen LogP) is -0.873. The molecule has 0 saturated carbocycles. The first-order valence-electron chi connectivity index (χ1n) is 10.1. The van der Waals surface area contributed by atoms with E-state index in [-0.39, 0.29) is 18.0 Å². The molecule has 2 aliphatic rings. The lowest BCUT2D eigenvalue weighted by molar-refractivity contribution is -0.140. The summed E-state index contributed by atoms with van der Waals surface area (Å²) in [5.41, 5.74) is 0. The first-order chi connectivity index (χ1) is 14.9. The summed E-state index contributed by atoms with van der Waals surface area (Å²) >= 11 is 0. The molecule has 12 heteroatoms. The van der Waals surface area contributed by atoms with Crippen molar-refractivity contribution in [2.75, 3.05) is 59.1 Å². The summed E-state index contributed by atoms with van der Waals surface area (Å²) in [6.45, 7) is 4.10. The molecule has 2 amide bonds. The van der Waals surface area contributed by atoms with Gasteiger partial charge in [0.25, 0.3) is 0 Å². The van der Waals surface area contributed by atoms with Crippen molar-refractivity contribution in [3.8, 4) is 0 Å². The second kappa shape index (κ2) is 11.0. The first kappa shape index (κ1) is 23.5. The van der Waals surface area contributed by atoms with Gasteiger partial charge in [-0.2, -0.15) is 4.31 Å². The van der Waals surface area contributed by atoms with E-state index in [0.29, 0.717) is 39.3 Å². The fourth-order valence-electron chi connectivity index (χ4n) is 3.34. The number of amides is 2. The number of benzene rings is 1. The van der Waals surface area contributed by atoms with Gasteiger partial charge in [-0.15, -0.1) is 0 Å². The zero-order valence-corrected chi connectivity index (χ0v) is 17.9. The quantitative estimate of drug-likeness (QED) is 0.510. The number of hydrogen-bond donors (Lipinski definition) is 2. The van der Waals surface area contributed by atoms with Crippen LogP contribution in [0.25, 0.3) is 0 Å². The van der Waals surface area contributed by atoms with Crippen molar-refractivity contribution in [1.29, 1.82) is 0 Å². The van der Waals surface area contributed by atoms with Gasteiger partial charge in [0.15, 0.2) is 0 Å². The standard InChI is InChI=1S/C19H27FN4O6S/c20-15-2-4-16(5-3-15)31(27,28)24-7-1-11-30-17(24)14-22-19(26)18(25)21-6-8-23-9-12-29-13-10-23/h2-5,17H,1,6-14H2,(H,21,25)(H,22,26)/t17-/m1/s1. The molecule has 10 nitrogen and oxygen atoms in total. The van der Waals surface area contributed by atoms with Gasteiger partial charge in [0, 0.05) is 32.7 Å². The number of nitrogens with zero attached hydrogens (tertiary/aromatic N) is 2. The highest BCUT2D eigenvalue weighted by atomic mass is 32.2. The third kappa shape index (κ3) is 6.43. The molecule has 2 fully saturated rings. The summed E-state index contributed by atoms with van der Waals surface area (Å²) in [4.78, 5) is 26.2. The van der Waals surface area contributed by atoms with Gasteiger partial charge in [0.05, 0.1) is 31.3 Å². The van der Waals surface area contributed by atoms with E-state index >= 15 is 0 Å². The minimum Gasteiger partial charge on any atom is -0.379 e. The summed E-state index contributed by atoms with van der Waals surface area (Å²) in [5.74, 6) is -2.20. The van der Waals surface area contributed by atoms with Gasteiger partial charge in [-0.25, -0.2) is 12.8 Å². The number of morpholine rings is 1. The number of ether oxygens (including phenoxy) is 2. The zero-order chi connectivity index (χ0) is 22.3. The maximum Gasteiger partial charge on any atom is 0.309 e. The Bertz CT molecular complexity index is 861. The van der Waals surface area contributed by atoms with Crippen molar-refractivity contribution in [2.45, 2.75) is 17.5 Å². The molecular weight excluding hydrogens is 431 g/mol. The van der Waals surface area contributed by atoms with Crippen LogP contribution in [0.4, 0.5) is 4.39 Å². The molecule has 0 aromatic heterocycles. The third-order valence-electron chi connectivity index (χ3n) is 5.04. The number of hydrogen-bond acceptors (Lipinski definition) is 7. The largest absolute Gasteiger partial charge is 0.379 e. The number of sulfonamides is 1. The maximum atomic E-state index is 13.1. The highest BCUT2D eigenvalue weighted by Crippen LogP contribution is 2.22. The van der Waals surface area contributed by atoms with Crippen LogP contribution in [0.2, 0.25) is 0 Å². The number of nitrogens with one attached hydrogen (secondary N) is 2. The number of rotatable bonds is 7. The molecule has 1 aromatic carbocycles. The summed E-state index contributed by atoms with van der Waals surface area (Å²) in [6, 6.07) is 4.49. The van der Waals surface area contributed by atoms with E-state index in [1.807, 2.05) is 0 Å². The van der Waals surface area contributed by atoms with Crippen molar-refractivity contribution in [3.63, 3.8) is 0 Å². The fraction of sp³-hybridized carbons (Fsp3) is 0.579. The SMILES string of the molecule is O=C(NCCN1CCOCC1)C(=O)NC[C@H]1OCCCN1S(=O)(=O)c1ccc(F)cc1. The van der Waals surface area contributed by atoms with Gasteiger partial charge in [0.2, 0.25) is 10.0 Å². The van der Waals surface area contributed by atoms with E-state index in [2.05, 4.69) is 15.5 Å².